The Morgan fingerprint density at radius 3 is 2.18 bits per heavy atom. The number of rotatable bonds is 0. The van der Waals surface area contributed by atoms with Gasteiger partial charge in [-0.2, -0.15) is 0 Å². The van der Waals surface area contributed by atoms with Gasteiger partial charge >= 0.3 is 0 Å². The third-order valence-corrected chi connectivity index (χ3v) is 3.94. The van der Waals surface area contributed by atoms with Crippen molar-refractivity contribution in [2.24, 2.45) is 0 Å². The number of carbonyl (C=O) groups excluding carboxylic acids is 1. The van der Waals surface area contributed by atoms with Gasteiger partial charge in [-0.1, -0.05) is 0 Å². The van der Waals surface area contributed by atoms with Gasteiger partial charge in [0.1, 0.15) is 26.1 Å². The topological polar surface area (TPSA) is 135 Å². The molecule has 1 aliphatic heterocycles. The van der Waals surface area contributed by atoms with Crippen LogP contribution < -0.4 is 5.11 Å². The lowest BCUT2D eigenvalue weighted by molar-refractivity contribution is -0.232. The first-order chi connectivity index (χ1) is 3.80. The standard InChI is InChI=1S/C4H4O2S2.3H2O/c5-4(6)8-3-1-2-7-8;;;/h1,3H,2H2;3*1H2. The van der Waals surface area contributed by atoms with Crippen molar-refractivity contribution >= 4 is 26.0 Å². The third-order valence-electron chi connectivity index (χ3n) is 0.675. The summed E-state index contributed by atoms with van der Waals surface area (Å²) in [5.41, 5.74) is 0. The largest absolute Gasteiger partial charge is 0.503 e. The fraction of sp³-hybridized carbons (Fsp3) is 0.250. The van der Waals surface area contributed by atoms with E-state index in [0.29, 0.717) is 0 Å². The quantitative estimate of drug-likeness (QED) is 0.321. The van der Waals surface area contributed by atoms with Gasteiger partial charge in [0.25, 0.3) is 5.30 Å². The Morgan fingerprint density at radius 1 is 1.45 bits per heavy atom. The molecule has 68 valence electrons. The molecule has 0 saturated heterocycles. The minimum absolute atomic E-state index is 0. The van der Waals surface area contributed by atoms with E-state index in [1.54, 1.807) is 5.41 Å². The van der Waals surface area contributed by atoms with Crippen LogP contribution in [0.4, 0.5) is 4.79 Å². The summed E-state index contributed by atoms with van der Waals surface area (Å²) < 4.78 is 0. The third kappa shape index (κ3) is 5.10. The molecule has 11 heavy (non-hydrogen) atoms. The highest BCUT2D eigenvalue weighted by Crippen LogP contribution is 2.23. The minimum Gasteiger partial charge on any atom is -0.503 e. The second-order valence-corrected chi connectivity index (χ2v) is 4.76. The predicted molar refractivity (Wildman–Crippen MR) is 45.2 cm³/mol. The van der Waals surface area contributed by atoms with E-state index in [0.717, 1.165) is 5.75 Å². The smallest absolute Gasteiger partial charge is 0.292 e. The molecule has 0 bridgehead atoms. The second-order valence-electron chi connectivity index (χ2n) is 1.20. The Hall–Kier alpha value is -0.210. The van der Waals surface area contributed by atoms with Crippen molar-refractivity contribution in [3.05, 3.63) is 11.5 Å². The lowest BCUT2D eigenvalue weighted by Gasteiger charge is -1.90. The molecule has 0 aliphatic carbocycles. The first-order valence-electron chi connectivity index (χ1n) is 2.04. The molecule has 6 N–H and O–H groups in total. The summed E-state index contributed by atoms with van der Waals surface area (Å²) in [6.45, 7) is 0. The maximum Gasteiger partial charge on any atom is 0.292 e. The van der Waals surface area contributed by atoms with Crippen molar-refractivity contribution in [2.75, 3.05) is 5.75 Å². The molecular formula is C4H10O5S2. The van der Waals surface area contributed by atoms with Gasteiger partial charge in [0.2, 0.25) is 0 Å². The molecule has 0 fully saturated rings. The molecule has 0 saturated carbocycles. The summed E-state index contributed by atoms with van der Waals surface area (Å²) in [6.07, 6.45) is 1.85. The summed E-state index contributed by atoms with van der Waals surface area (Å²) in [5.74, 6) is 0.817. The Morgan fingerprint density at radius 2 is 2.00 bits per heavy atom. The van der Waals surface area contributed by atoms with Crippen LogP contribution in [0.3, 0.4) is 0 Å². The fourth-order valence-corrected chi connectivity index (χ4v) is 2.82. The van der Waals surface area contributed by atoms with Crippen molar-refractivity contribution in [3.63, 3.8) is 0 Å². The van der Waals surface area contributed by atoms with Crippen LogP contribution in [0.2, 0.25) is 0 Å². The van der Waals surface area contributed by atoms with Crippen LogP contribution in [-0.2, 0) is 9.93 Å². The van der Waals surface area contributed by atoms with E-state index in [1.165, 1.54) is 10.8 Å². The highest BCUT2D eigenvalue weighted by molar-refractivity contribution is 8.80. The maximum absolute atomic E-state index is 10.0. The van der Waals surface area contributed by atoms with Crippen molar-refractivity contribution < 1.29 is 26.3 Å². The summed E-state index contributed by atoms with van der Waals surface area (Å²) in [4.78, 5) is 10.0. The van der Waals surface area contributed by atoms with Gasteiger partial charge in [-0.15, -0.1) is 0 Å². The van der Waals surface area contributed by atoms with Gasteiger partial charge in [-0.25, -0.2) is 0 Å². The number of carboxylic acid groups (broad SMARTS) is 1. The molecule has 0 radical (unpaired) electrons. The van der Waals surface area contributed by atoms with Crippen molar-refractivity contribution in [1.82, 2.24) is 0 Å². The molecule has 1 atom stereocenters. The average Bonchev–Trinajstić information content (AvgIpc) is 2.12. The highest BCUT2D eigenvalue weighted by Gasteiger charge is 2.23. The van der Waals surface area contributed by atoms with Crippen LogP contribution >= 0.6 is 10.8 Å². The van der Waals surface area contributed by atoms with Gasteiger partial charge in [-0.05, 0) is 6.08 Å². The summed E-state index contributed by atoms with van der Waals surface area (Å²) >= 11 is 0. The SMILES string of the molecule is O.O.O.O=C([O-])[S+]1C=CCS1. The van der Waals surface area contributed by atoms with Crippen LogP contribution in [0.15, 0.2) is 11.5 Å². The Bertz CT molecular complexity index is 136. The molecule has 0 spiro atoms. The molecule has 0 amide bonds. The molecule has 5 nitrogen and oxygen atoms in total. The number of carbonyl (C=O) groups is 1. The van der Waals surface area contributed by atoms with E-state index >= 15 is 0 Å². The minimum atomic E-state index is -0.955. The Balaban J connectivity index is -0.000000213. The molecule has 1 unspecified atom stereocenters. The zero-order chi connectivity index (χ0) is 5.98. The van der Waals surface area contributed by atoms with Crippen molar-refractivity contribution in [2.45, 2.75) is 0 Å². The zero-order valence-electron chi connectivity index (χ0n) is 5.49. The molecule has 0 aromatic carbocycles. The van der Waals surface area contributed by atoms with E-state index in [-0.39, 0.29) is 16.4 Å². The second kappa shape index (κ2) is 7.89. The molecule has 1 aliphatic rings. The van der Waals surface area contributed by atoms with Gasteiger partial charge in [0.15, 0.2) is 0 Å². The first-order valence-corrected chi connectivity index (χ1v) is 4.84. The normalized spacial score (nSPS) is 19.1. The van der Waals surface area contributed by atoms with Gasteiger partial charge in [0, 0.05) is 0 Å². The van der Waals surface area contributed by atoms with Gasteiger partial charge < -0.3 is 26.3 Å². The summed E-state index contributed by atoms with van der Waals surface area (Å²) in [7, 11) is 0.768. The van der Waals surface area contributed by atoms with Crippen LogP contribution in [0, 0.1) is 0 Å². The molecular weight excluding hydrogens is 192 g/mol. The van der Waals surface area contributed by atoms with Crippen LogP contribution in [0.25, 0.3) is 0 Å². The van der Waals surface area contributed by atoms with E-state index in [9.17, 15) is 9.90 Å². The highest BCUT2D eigenvalue weighted by atomic mass is 33.1. The van der Waals surface area contributed by atoms with E-state index in [1.807, 2.05) is 6.08 Å². The average molecular weight is 202 g/mol. The molecule has 0 aromatic rings. The fourth-order valence-electron chi connectivity index (χ4n) is 0.382. The molecule has 7 heteroatoms. The first kappa shape index (κ1) is 17.0. The summed E-state index contributed by atoms with van der Waals surface area (Å²) in [5, 5.41) is 10.8. The van der Waals surface area contributed by atoms with Crippen molar-refractivity contribution in [1.29, 1.82) is 0 Å². The van der Waals surface area contributed by atoms with E-state index in [4.69, 9.17) is 0 Å². The van der Waals surface area contributed by atoms with Gasteiger partial charge in [0.05, 0.1) is 5.75 Å². The molecule has 0 aromatic heterocycles. The van der Waals surface area contributed by atoms with E-state index in [2.05, 4.69) is 0 Å². The lowest BCUT2D eigenvalue weighted by Crippen LogP contribution is -2.25. The monoisotopic (exact) mass is 202 g/mol. The van der Waals surface area contributed by atoms with Crippen LogP contribution in [0.1, 0.15) is 0 Å². The van der Waals surface area contributed by atoms with Gasteiger partial charge in [-0.3, -0.25) is 0 Å². The number of hydrogen-bond donors (Lipinski definition) is 0. The maximum atomic E-state index is 10.0. The Labute approximate surface area is 70.2 Å². The number of hydrogen-bond acceptors (Lipinski definition) is 3. The predicted octanol–water partition coefficient (Wildman–Crippen LogP) is -2.35. The lowest BCUT2D eigenvalue weighted by atomic mass is 10.8. The Kier molecular flexibility index (Phi) is 12.2. The van der Waals surface area contributed by atoms with E-state index < -0.39 is 15.2 Å². The van der Waals surface area contributed by atoms with Crippen molar-refractivity contribution in [3.8, 4) is 0 Å². The zero-order valence-corrected chi connectivity index (χ0v) is 7.13. The molecule has 1 rings (SSSR count). The van der Waals surface area contributed by atoms with Crippen LogP contribution in [-0.4, -0.2) is 27.5 Å². The van der Waals surface area contributed by atoms with Crippen LogP contribution in [0.5, 0.6) is 0 Å². The summed E-state index contributed by atoms with van der Waals surface area (Å²) in [6, 6.07) is 0. The molecule has 1 heterocycles.